The number of fused-ring (bicyclic) bond motifs is 1. The van der Waals surface area contributed by atoms with E-state index in [0.29, 0.717) is 0 Å². The standard InChI is InChI=1S/C12H13N/c1-2-3-7-11-9-10-6-4-5-8-12(10)13-11/h2,4-6,8-9,13H,1,3,7H2. The maximum atomic E-state index is 3.72. The van der Waals surface area contributed by atoms with E-state index in [4.69, 9.17) is 0 Å². The van der Waals surface area contributed by atoms with E-state index < -0.39 is 0 Å². The van der Waals surface area contributed by atoms with E-state index in [-0.39, 0.29) is 0 Å². The van der Waals surface area contributed by atoms with E-state index in [1.54, 1.807) is 0 Å². The fourth-order valence-electron chi connectivity index (χ4n) is 1.53. The van der Waals surface area contributed by atoms with Gasteiger partial charge in [-0.3, -0.25) is 0 Å². The van der Waals surface area contributed by atoms with Crippen LogP contribution in [0.4, 0.5) is 0 Å². The lowest BCUT2D eigenvalue weighted by Gasteiger charge is -1.90. The number of rotatable bonds is 3. The lowest BCUT2D eigenvalue weighted by atomic mass is 10.2. The molecule has 0 aliphatic heterocycles. The summed E-state index contributed by atoms with van der Waals surface area (Å²) in [7, 11) is 0. The molecule has 1 N–H and O–H groups in total. The largest absolute Gasteiger partial charge is 0.358 e. The zero-order valence-electron chi connectivity index (χ0n) is 7.59. The van der Waals surface area contributed by atoms with E-state index in [0.717, 1.165) is 12.8 Å². The minimum atomic E-state index is 1.03. The summed E-state index contributed by atoms with van der Waals surface area (Å²) in [5.41, 5.74) is 2.52. The molecule has 2 aromatic rings. The van der Waals surface area contributed by atoms with Gasteiger partial charge in [0.2, 0.25) is 0 Å². The summed E-state index contributed by atoms with van der Waals surface area (Å²) in [5, 5.41) is 1.29. The highest BCUT2D eigenvalue weighted by Crippen LogP contribution is 2.15. The first-order valence-corrected chi connectivity index (χ1v) is 4.57. The van der Waals surface area contributed by atoms with Crippen molar-refractivity contribution >= 4 is 10.9 Å². The first-order valence-electron chi connectivity index (χ1n) is 4.57. The first-order chi connectivity index (χ1) is 6.40. The monoisotopic (exact) mass is 171 g/mol. The van der Waals surface area contributed by atoms with Gasteiger partial charge in [-0.2, -0.15) is 0 Å². The second-order valence-corrected chi connectivity index (χ2v) is 3.21. The van der Waals surface area contributed by atoms with Crippen LogP contribution in [-0.4, -0.2) is 4.98 Å². The van der Waals surface area contributed by atoms with Crippen LogP contribution in [0.5, 0.6) is 0 Å². The molecule has 0 fully saturated rings. The third kappa shape index (κ3) is 1.64. The van der Waals surface area contributed by atoms with Crippen molar-refractivity contribution < 1.29 is 0 Å². The Morgan fingerprint density at radius 3 is 2.92 bits per heavy atom. The Morgan fingerprint density at radius 1 is 1.31 bits per heavy atom. The molecule has 2 rings (SSSR count). The van der Waals surface area contributed by atoms with Crippen molar-refractivity contribution in [1.82, 2.24) is 4.98 Å². The van der Waals surface area contributed by atoms with Crippen LogP contribution in [0.3, 0.4) is 0 Å². The first kappa shape index (κ1) is 8.11. The summed E-state index contributed by atoms with van der Waals surface area (Å²) in [4.78, 5) is 3.38. The molecule has 1 aromatic carbocycles. The van der Waals surface area contributed by atoms with Crippen LogP contribution in [0.25, 0.3) is 10.9 Å². The van der Waals surface area contributed by atoms with E-state index in [2.05, 4.69) is 41.9 Å². The Bertz CT molecular complexity index is 379. The molecule has 1 heterocycles. The minimum absolute atomic E-state index is 1.03. The SMILES string of the molecule is C=CCCc1cc2ccccc2[nH]1. The van der Waals surface area contributed by atoms with Crippen LogP contribution >= 0.6 is 0 Å². The van der Waals surface area contributed by atoms with Gasteiger partial charge in [0.15, 0.2) is 0 Å². The number of hydrogen-bond donors (Lipinski definition) is 1. The van der Waals surface area contributed by atoms with Crippen molar-refractivity contribution in [2.24, 2.45) is 0 Å². The number of para-hydroxylation sites is 1. The Hall–Kier alpha value is -1.50. The smallest absolute Gasteiger partial charge is 0.0456 e. The molecule has 0 unspecified atom stereocenters. The molecule has 0 spiro atoms. The van der Waals surface area contributed by atoms with Gasteiger partial charge in [-0.1, -0.05) is 24.3 Å². The van der Waals surface area contributed by atoms with Crippen molar-refractivity contribution in [1.29, 1.82) is 0 Å². The summed E-state index contributed by atoms with van der Waals surface area (Å²) in [6.07, 6.45) is 4.04. The molecular weight excluding hydrogens is 158 g/mol. The average Bonchev–Trinajstić information content (AvgIpc) is 2.57. The minimum Gasteiger partial charge on any atom is -0.358 e. The molecule has 0 radical (unpaired) electrons. The van der Waals surface area contributed by atoms with Gasteiger partial charge < -0.3 is 4.98 Å². The number of aromatic amines is 1. The fourth-order valence-corrected chi connectivity index (χ4v) is 1.53. The quantitative estimate of drug-likeness (QED) is 0.682. The molecule has 1 nitrogen and oxygen atoms in total. The lowest BCUT2D eigenvalue weighted by molar-refractivity contribution is 0.967. The normalized spacial score (nSPS) is 10.5. The van der Waals surface area contributed by atoms with Crippen LogP contribution in [0.1, 0.15) is 12.1 Å². The zero-order valence-corrected chi connectivity index (χ0v) is 7.59. The Balaban J connectivity index is 2.32. The molecule has 0 bridgehead atoms. The molecule has 66 valence electrons. The molecule has 1 heteroatoms. The lowest BCUT2D eigenvalue weighted by Crippen LogP contribution is -1.80. The second-order valence-electron chi connectivity index (χ2n) is 3.21. The van der Waals surface area contributed by atoms with Crippen molar-refractivity contribution in [3.05, 3.63) is 48.7 Å². The average molecular weight is 171 g/mol. The number of H-pyrrole nitrogens is 1. The molecule has 0 atom stereocenters. The number of hydrogen-bond acceptors (Lipinski definition) is 0. The molecule has 0 saturated heterocycles. The van der Waals surface area contributed by atoms with Crippen LogP contribution in [0, 0.1) is 0 Å². The van der Waals surface area contributed by atoms with Gasteiger partial charge in [-0.25, -0.2) is 0 Å². The van der Waals surface area contributed by atoms with Crippen molar-refractivity contribution in [2.75, 3.05) is 0 Å². The van der Waals surface area contributed by atoms with E-state index >= 15 is 0 Å². The Kier molecular flexibility index (Phi) is 2.17. The Labute approximate surface area is 78.1 Å². The molecule has 0 aliphatic carbocycles. The van der Waals surface area contributed by atoms with Gasteiger partial charge in [0.1, 0.15) is 0 Å². The summed E-state index contributed by atoms with van der Waals surface area (Å²) in [5.74, 6) is 0. The third-order valence-electron chi connectivity index (χ3n) is 2.20. The van der Waals surface area contributed by atoms with Gasteiger partial charge >= 0.3 is 0 Å². The summed E-state index contributed by atoms with van der Waals surface area (Å²) >= 11 is 0. The highest BCUT2D eigenvalue weighted by Gasteiger charge is 1.97. The molecule has 13 heavy (non-hydrogen) atoms. The van der Waals surface area contributed by atoms with Gasteiger partial charge in [0.05, 0.1) is 0 Å². The van der Waals surface area contributed by atoms with Crippen molar-refractivity contribution in [3.63, 3.8) is 0 Å². The molecular formula is C12H13N. The van der Waals surface area contributed by atoms with Crippen LogP contribution in [-0.2, 0) is 6.42 Å². The van der Waals surface area contributed by atoms with Gasteiger partial charge in [0.25, 0.3) is 0 Å². The van der Waals surface area contributed by atoms with Gasteiger partial charge in [-0.15, -0.1) is 6.58 Å². The van der Waals surface area contributed by atoms with E-state index in [9.17, 15) is 0 Å². The number of allylic oxidation sites excluding steroid dienone is 1. The second kappa shape index (κ2) is 3.48. The van der Waals surface area contributed by atoms with Crippen LogP contribution < -0.4 is 0 Å². The number of benzene rings is 1. The fraction of sp³-hybridized carbons (Fsp3) is 0.167. The van der Waals surface area contributed by atoms with E-state index in [1.807, 2.05) is 6.08 Å². The maximum absolute atomic E-state index is 3.72. The molecule has 0 saturated carbocycles. The van der Waals surface area contributed by atoms with Crippen LogP contribution in [0.15, 0.2) is 43.0 Å². The highest BCUT2D eigenvalue weighted by molar-refractivity contribution is 5.80. The predicted molar refractivity (Wildman–Crippen MR) is 56.8 cm³/mol. The number of aromatic nitrogens is 1. The summed E-state index contributed by atoms with van der Waals surface area (Å²) < 4.78 is 0. The van der Waals surface area contributed by atoms with Crippen molar-refractivity contribution in [3.8, 4) is 0 Å². The van der Waals surface area contributed by atoms with Gasteiger partial charge in [0, 0.05) is 11.2 Å². The molecule has 1 aromatic heterocycles. The number of aryl methyl sites for hydroxylation is 1. The zero-order chi connectivity index (χ0) is 9.10. The van der Waals surface area contributed by atoms with Gasteiger partial charge in [-0.05, 0) is 30.4 Å². The van der Waals surface area contributed by atoms with Crippen LogP contribution in [0.2, 0.25) is 0 Å². The summed E-state index contributed by atoms with van der Waals surface area (Å²) in [6, 6.07) is 10.6. The topological polar surface area (TPSA) is 15.8 Å². The highest BCUT2D eigenvalue weighted by atomic mass is 14.7. The maximum Gasteiger partial charge on any atom is 0.0456 e. The molecule has 0 aliphatic rings. The van der Waals surface area contributed by atoms with Crippen molar-refractivity contribution in [2.45, 2.75) is 12.8 Å². The predicted octanol–water partition coefficient (Wildman–Crippen LogP) is 3.29. The number of nitrogens with one attached hydrogen (secondary N) is 1. The Morgan fingerprint density at radius 2 is 2.15 bits per heavy atom. The third-order valence-corrected chi connectivity index (χ3v) is 2.20. The molecule has 0 amide bonds. The summed E-state index contributed by atoms with van der Waals surface area (Å²) in [6.45, 7) is 3.72. The van der Waals surface area contributed by atoms with E-state index in [1.165, 1.54) is 16.6 Å².